The highest BCUT2D eigenvalue weighted by Gasteiger charge is 2.43. The van der Waals surface area contributed by atoms with Gasteiger partial charge in [0.25, 0.3) is 0 Å². The topological polar surface area (TPSA) is 130 Å². The number of nitrogen functional groups attached to an aromatic ring is 1. The number of alkyl halides is 3. The first-order chi connectivity index (χ1) is 20.6. The first-order valence-corrected chi connectivity index (χ1v) is 16.1. The molecule has 5 N–H and O–H groups in total. The molecule has 5 heterocycles. The number of hydrogen-bond donors (Lipinski definition) is 4. The molecule has 234 valence electrons. The molecule has 0 spiro atoms. The number of fused-ring (bicyclic) bond motifs is 2. The second kappa shape index (κ2) is 12.7. The normalized spacial score (nSPS) is 27.7. The third-order valence-corrected chi connectivity index (χ3v) is 10.4. The molecule has 2 aromatic heterocycles. The molecule has 10 nitrogen and oxygen atoms in total. The molecule has 4 atom stereocenters. The van der Waals surface area contributed by atoms with E-state index in [-0.39, 0.29) is 34.7 Å². The van der Waals surface area contributed by atoms with Crippen molar-refractivity contribution >= 4 is 33.3 Å². The maximum Gasteiger partial charge on any atom is 0.393 e. The van der Waals surface area contributed by atoms with Crippen LogP contribution in [0.2, 0.25) is 0 Å². The van der Waals surface area contributed by atoms with Crippen molar-refractivity contribution in [1.82, 2.24) is 30.0 Å². The molecule has 1 aliphatic carbocycles. The molecule has 0 bridgehead atoms. The van der Waals surface area contributed by atoms with Crippen LogP contribution in [0.3, 0.4) is 0 Å². The summed E-state index contributed by atoms with van der Waals surface area (Å²) in [7, 11) is 0. The lowest BCUT2D eigenvalue weighted by Gasteiger charge is -2.43. The molecule has 2 saturated heterocycles. The smallest absolute Gasteiger partial charge is 0.393 e. The second-order valence-corrected chi connectivity index (χ2v) is 13.5. The first-order valence-electron chi connectivity index (χ1n) is 15.3. The van der Waals surface area contributed by atoms with E-state index in [2.05, 4.69) is 47.4 Å². The molecular formula is C29H40F3N9OS. The number of nitriles is 1. The van der Waals surface area contributed by atoms with Crippen LogP contribution in [0.4, 0.5) is 24.9 Å². The third kappa shape index (κ3) is 7.17. The molecule has 3 fully saturated rings. The fourth-order valence-corrected chi connectivity index (χ4v) is 8.29. The summed E-state index contributed by atoms with van der Waals surface area (Å²) in [6.45, 7) is 8.30. The van der Waals surface area contributed by atoms with Crippen molar-refractivity contribution in [3.05, 3.63) is 22.7 Å². The number of allylic oxidation sites excluding steroid dienone is 1. The molecule has 4 unspecified atom stereocenters. The van der Waals surface area contributed by atoms with Crippen LogP contribution in [0.1, 0.15) is 30.6 Å². The van der Waals surface area contributed by atoms with E-state index in [0.29, 0.717) is 22.5 Å². The fourth-order valence-electron chi connectivity index (χ4n) is 7.23. The number of anilines is 2. The summed E-state index contributed by atoms with van der Waals surface area (Å²) in [6, 6.07) is 4.22. The van der Waals surface area contributed by atoms with E-state index in [1.54, 1.807) is 0 Å². The summed E-state index contributed by atoms with van der Waals surface area (Å²) in [5.41, 5.74) is 6.63. The summed E-state index contributed by atoms with van der Waals surface area (Å²) in [4.78, 5) is 16.2. The molecule has 6 rings (SSSR count). The molecule has 3 aliphatic heterocycles. The zero-order valence-corrected chi connectivity index (χ0v) is 25.0. The highest BCUT2D eigenvalue weighted by molar-refractivity contribution is 7.18. The SMILES string of the molecule is N#CC1=CC2CC(CN3CCC(Nc4nc(N)nc5sc(CC(F)(F)F)cc45)CC3)C(O)CC2N1CCN1CCNCC1. The fraction of sp³-hybridized carbons (Fsp3) is 0.690. The Kier molecular flexibility index (Phi) is 8.98. The Bertz CT molecular complexity index is 1350. The molecule has 2 aromatic rings. The molecule has 43 heavy (non-hydrogen) atoms. The van der Waals surface area contributed by atoms with Crippen molar-refractivity contribution in [2.45, 2.75) is 56.5 Å². The lowest BCUT2D eigenvalue weighted by molar-refractivity contribution is -0.126. The maximum atomic E-state index is 13.0. The molecule has 14 heteroatoms. The summed E-state index contributed by atoms with van der Waals surface area (Å²) in [5.74, 6) is 0.959. The van der Waals surface area contributed by atoms with Gasteiger partial charge in [-0.25, -0.2) is 4.98 Å². The Hall–Kier alpha value is -2.70. The number of hydrogen-bond acceptors (Lipinski definition) is 11. The Morgan fingerprint density at radius 2 is 1.88 bits per heavy atom. The second-order valence-electron chi connectivity index (χ2n) is 12.4. The molecule has 1 saturated carbocycles. The number of piperazine rings is 1. The van der Waals surface area contributed by atoms with Crippen LogP contribution in [-0.2, 0) is 6.42 Å². The minimum absolute atomic E-state index is 0.0420. The van der Waals surface area contributed by atoms with Crippen molar-refractivity contribution in [2.24, 2.45) is 11.8 Å². The predicted octanol–water partition coefficient (Wildman–Crippen LogP) is 2.64. The van der Waals surface area contributed by atoms with Gasteiger partial charge in [-0.1, -0.05) is 0 Å². The van der Waals surface area contributed by atoms with E-state index >= 15 is 0 Å². The number of nitrogens with two attached hydrogens (primary N) is 1. The van der Waals surface area contributed by atoms with Gasteiger partial charge in [0.2, 0.25) is 5.95 Å². The molecular weight excluding hydrogens is 579 g/mol. The van der Waals surface area contributed by atoms with E-state index in [0.717, 1.165) is 95.2 Å². The van der Waals surface area contributed by atoms with Crippen LogP contribution >= 0.6 is 11.3 Å². The van der Waals surface area contributed by atoms with Crippen LogP contribution < -0.4 is 16.4 Å². The van der Waals surface area contributed by atoms with Crippen LogP contribution in [0.15, 0.2) is 17.8 Å². The number of piperidine rings is 1. The average molecular weight is 620 g/mol. The third-order valence-electron chi connectivity index (χ3n) is 9.42. The molecule has 0 amide bonds. The molecule has 0 aromatic carbocycles. The molecule has 0 radical (unpaired) electrons. The monoisotopic (exact) mass is 619 g/mol. The van der Waals surface area contributed by atoms with E-state index in [1.807, 2.05) is 0 Å². The van der Waals surface area contributed by atoms with Gasteiger partial charge in [-0.3, -0.25) is 4.90 Å². The summed E-state index contributed by atoms with van der Waals surface area (Å²) < 4.78 is 38.9. The minimum Gasteiger partial charge on any atom is -0.393 e. The quantitative estimate of drug-likeness (QED) is 0.350. The van der Waals surface area contributed by atoms with Crippen molar-refractivity contribution in [3.8, 4) is 6.07 Å². The number of thiophene rings is 1. The van der Waals surface area contributed by atoms with E-state index in [9.17, 15) is 23.5 Å². The highest BCUT2D eigenvalue weighted by atomic mass is 32.1. The van der Waals surface area contributed by atoms with Crippen LogP contribution in [0, 0.1) is 23.2 Å². The van der Waals surface area contributed by atoms with E-state index in [4.69, 9.17) is 5.73 Å². The number of aliphatic hydroxyl groups is 1. The maximum absolute atomic E-state index is 13.0. The number of aromatic nitrogens is 2. The van der Waals surface area contributed by atoms with E-state index < -0.39 is 18.7 Å². The zero-order valence-electron chi connectivity index (χ0n) is 24.2. The number of nitrogens with one attached hydrogen (secondary N) is 2. The predicted molar refractivity (Wildman–Crippen MR) is 160 cm³/mol. The van der Waals surface area contributed by atoms with Crippen LogP contribution in [0.25, 0.3) is 10.2 Å². The van der Waals surface area contributed by atoms with Crippen LogP contribution in [-0.4, -0.2) is 113 Å². The first kappa shape index (κ1) is 30.3. The van der Waals surface area contributed by atoms with Gasteiger partial charge in [-0.2, -0.15) is 23.4 Å². The Morgan fingerprint density at radius 3 is 2.60 bits per heavy atom. The van der Waals surface area contributed by atoms with Crippen LogP contribution in [0.5, 0.6) is 0 Å². The van der Waals surface area contributed by atoms with Crippen molar-refractivity contribution in [2.75, 3.05) is 70.0 Å². The van der Waals surface area contributed by atoms with Gasteiger partial charge < -0.3 is 31.3 Å². The lowest BCUT2D eigenvalue weighted by Crippen LogP contribution is -2.50. The number of nitrogens with zero attached hydrogens (tertiary/aromatic N) is 6. The van der Waals surface area contributed by atoms with Crippen molar-refractivity contribution in [3.63, 3.8) is 0 Å². The number of rotatable bonds is 8. The van der Waals surface area contributed by atoms with Crippen molar-refractivity contribution < 1.29 is 18.3 Å². The van der Waals surface area contributed by atoms with Gasteiger partial charge >= 0.3 is 6.18 Å². The number of aliphatic hydroxyl groups excluding tert-OH is 1. The zero-order chi connectivity index (χ0) is 30.1. The summed E-state index contributed by atoms with van der Waals surface area (Å²) in [6.07, 6.45) is -0.320. The Labute approximate surface area is 253 Å². The molecule has 4 aliphatic rings. The van der Waals surface area contributed by atoms with Gasteiger partial charge in [0.05, 0.1) is 17.9 Å². The van der Waals surface area contributed by atoms with Gasteiger partial charge in [-0.15, -0.1) is 11.3 Å². The Morgan fingerprint density at radius 1 is 1.12 bits per heavy atom. The largest absolute Gasteiger partial charge is 0.393 e. The highest BCUT2D eigenvalue weighted by Crippen LogP contribution is 2.41. The van der Waals surface area contributed by atoms with Gasteiger partial charge in [-0.05, 0) is 43.7 Å². The van der Waals surface area contributed by atoms with Crippen molar-refractivity contribution in [1.29, 1.82) is 5.26 Å². The lowest BCUT2D eigenvalue weighted by atomic mass is 9.76. The van der Waals surface area contributed by atoms with Gasteiger partial charge in [0, 0.05) is 81.8 Å². The van der Waals surface area contributed by atoms with E-state index in [1.165, 1.54) is 6.07 Å². The number of likely N-dealkylation sites (tertiary alicyclic amines) is 1. The Balaban J connectivity index is 1.02. The average Bonchev–Trinajstić information content (AvgIpc) is 3.52. The minimum atomic E-state index is -4.29. The van der Waals surface area contributed by atoms with Gasteiger partial charge in [0.15, 0.2) is 0 Å². The summed E-state index contributed by atoms with van der Waals surface area (Å²) >= 11 is 0.999. The van der Waals surface area contributed by atoms with Gasteiger partial charge in [0.1, 0.15) is 22.4 Å². The number of halogens is 3. The summed E-state index contributed by atoms with van der Waals surface area (Å²) in [5, 5.41) is 28.4. The standard InChI is InChI=1S/C29H40F3N9OS/c30-29(31,32)15-22-13-23-26(37-28(34)38-27(23)43-22)36-20-1-5-40(6-2-20)17-19-11-18-12-21(16-33)41(24(18)14-25(19)42)10-9-39-7-3-35-4-8-39/h12-13,18-20,24-25,35,42H,1-11,14-15,17H2,(H3,34,36,37,38).